The van der Waals surface area contributed by atoms with Gasteiger partial charge in [-0.15, -0.1) is 12.4 Å². The molecular weight excluding hydrogens is 448 g/mol. The Hall–Kier alpha value is -1.91. The van der Waals surface area contributed by atoms with Crippen LogP contribution in [0.3, 0.4) is 0 Å². The summed E-state index contributed by atoms with van der Waals surface area (Å²) in [5.74, 6) is -0.802. The lowest BCUT2D eigenvalue weighted by Gasteiger charge is -2.36. The average Bonchev–Trinajstić information content (AvgIpc) is 3.20. The molecule has 2 saturated carbocycles. The van der Waals surface area contributed by atoms with Crippen molar-refractivity contribution >= 4 is 18.3 Å². The average molecular weight is 480 g/mol. The molecule has 0 unspecified atom stereocenters. The standard InChI is InChI=1S/C25H31F2N3O2.ClH/c26-25(27)10-18(11-25)24(31)29-20-4-1-16(2-5-20)7-8-30-13-19-15-32-23-6-3-17(12-28)9-21(23)22(19)14-30;/h3,6,9,16,18-20,22H,1-2,4-5,7-8,10-11,13-15H2,(H,29,31);1H/t16?,19-,20?,22+;/m0./s1. The molecule has 0 spiro atoms. The lowest BCUT2D eigenvalue weighted by molar-refractivity contribution is -0.151. The number of nitriles is 1. The summed E-state index contributed by atoms with van der Waals surface area (Å²) in [4.78, 5) is 14.7. The zero-order valence-corrected chi connectivity index (χ0v) is 19.6. The molecule has 2 heterocycles. The number of rotatable bonds is 5. The van der Waals surface area contributed by atoms with Gasteiger partial charge in [-0.05, 0) is 62.8 Å². The molecule has 2 aliphatic carbocycles. The first-order valence-corrected chi connectivity index (χ1v) is 12.0. The van der Waals surface area contributed by atoms with Gasteiger partial charge in [0.05, 0.1) is 18.2 Å². The number of ether oxygens (including phenoxy) is 1. The summed E-state index contributed by atoms with van der Waals surface area (Å²) in [5.41, 5.74) is 1.88. The topological polar surface area (TPSA) is 65.4 Å². The van der Waals surface area contributed by atoms with Gasteiger partial charge in [0, 0.05) is 55.3 Å². The smallest absolute Gasteiger partial charge is 0.249 e. The third kappa shape index (κ3) is 5.27. The Bertz CT molecular complexity index is 905. The Kier molecular flexibility index (Phi) is 7.16. The molecule has 0 radical (unpaired) electrons. The summed E-state index contributed by atoms with van der Waals surface area (Å²) in [6.07, 6.45) is 4.64. The van der Waals surface area contributed by atoms with E-state index in [4.69, 9.17) is 4.74 Å². The van der Waals surface area contributed by atoms with Crippen LogP contribution in [0.15, 0.2) is 18.2 Å². The fourth-order valence-electron chi connectivity index (χ4n) is 6.03. The Labute approximate surface area is 200 Å². The minimum absolute atomic E-state index is 0. The van der Waals surface area contributed by atoms with E-state index in [9.17, 15) is 18.8 Å². The molecule has 4 aliphatic rings. The van der Waals surface area contributed by atoms with E-state index in [-0.39, 0.29) is 37.2 Å². The molecule has 0 bridgehead atoms. The molecule has 1 amide bonds. The Balaban J connectivity index is 0.00000259. The number of alkyl halides is 2. The molecule has 33 heavy (non-hydrogen) atoms. The van der Waals surface area contributed by atoms with Gasteiger partial charge in [-0.25, -0.2) is 8.78 Å². The molecule has 2 aliphatic heterocycles. The van der Waals surface area contributed by atoms with Gasteiger partial charge in [-0.2, -0.15) is 5.26 Å². The Morgan fingerprint density at radius 3 is 2.67 bits per heavy atom. The van der Waals surface area contributed by atoms with E-state index >= 15 is 0 Å². The highest BCUT2D eigenvalue weighted by Gasteiger charge is 2.49. The number of carbonyl (C=O) groups is 1. The zero-order valence-electron chi connectivity index (χ0n) is 18.8. The van der Waals surface area contributed by atoms with Crippen LogP contribution < -0.4 is 10.1 Å². The first-order chi connectivity index (χ1) is 15.4. The van der Waals surface area contributed by atoms with Crippen LogP contribution in [-0.4, -0.2) is 49.0 Å². The summed E-state index contributed by atoms with van der Waals surface area (Å²) >= 11 is 0. The van der Waals surface area contributed by atoms with Crippen LogP contribution in [-0.2, 0) is 4.79 Å². The van der Waals surface area contributed by atoms with Crippen LogP contribution in [0, 0.1) is 29.1 Å². The largest absolute Gasteiger partial charge is 0.493 e. The number of likely N-dealkylation sites (tertiary alicyclic amines) is 1. The summed E-state index contributed by atoms with van der Waals surface area (Å²) < 4.78 is 31.9. The van der Waals surface area contributed by atoms with Gasteiger partial charge in [0.15, 0.2) is 0 Å². The van der Waals surface area contributed by atoms with Gasteiger partial charge in [-0.1, -0.05) is 0 Å². The maximum atomic E-state index is 13.0. The SMILES string of the molecule is Cl.N#Cc1ccc2c(c1)[C@@H]1CN(CCC3CCC(NC(=O)C4CC(F)(F)C4)CC3)C[C@H]1CO2. The molecule has 8 heteroatoms. The lowest BCUT2D eigenvalue weighted by Crippen LogP contribution is -2.48. The predicted molar refractivity (Wildman–Crippen MR) is 123 cm³/mol. The molecule has 5 rings (SSSR count). The third-order valence-electron chi connectivity index (χ3n) is 8.02. The number of benzene rings is 1. The molecule has 180 valence electrons. The van der Waals surface area contributed by atoms with E-state index in [0.29, 0.717) is 23.3 Å². The van der Waals surface area contributed by atoms with E-state index < -0.39 is 11.8 Å². The molecule has 1 N–H and O–H groups in total. The predicted octanol–water partition coefficient (Wildman–Crippen LogP) is 4.50. The van der Waals surface area contributed by atoms with Crippen molar-refractivity contribution in [3.63, 3.8) is 0 Å². The fourth-order valence-corrected chi connectivity index (χ4v) is 6.03. The Morgan fingerprint density at radius 2 is 1.97 bits per heavy atom. The van der Waals surface area contributed by atoms with E-state index in [1.54, 1.807) is 0 Å². The third-order valence-corrected chi connectivity index (χ3v) is 8.02. The zero-order chi connectivity index (χ0) is 22.3. The molecule has 0 aromatic heterocycles. The number of nitrogens with one attached hydrogen (secondary N) is 1. The molecule has 5 nitrogen and oxygen atoms in total. The maximum absolute atomic E-state index is 13.0. The number of amides is 1. The quantitative estimate of drug-likeness (QED) is 0.675. The van der Waals surface area contributed by atoms with Crippen LogP contribution in [0.4, 0.5) is 8.78 Å². The van der Waals surface area contributed by atoms with Crippen molar-refractivity contribution in [2.45, 2.75) is 62.8 Å². The van der Waals surface area contributed by atoms with Crippen molar-refractivity contribution in [3.05, 3.63) is 29.3 Å². The summed E-state index contributed by atoms with van der Waals surface area (Å²) in [5, 5.41) is 12.2. The summed E-state index contributed by atoms with van der Waals surface area (Å²) in [6.45, 7) is 3.88. The number of nitrogens with zero attached hydrogens (tertiary/aromatic N) is 2. The van der Waals surface area contributed by atoms with Crippen molar-refractivity contribution in [2.75, 3.05) is 26.2 Å². The Morgan fingerprint density at radius 1 is 1.21 bits per heavy atom. The van der Waals surface area contributed by atoms with E-state index in [1.165, 1.54) is 5.56 Å². The van der Waals surface area contributed by atoms with Gasteiger partial charge in [-0.3, -0.25) is 4.79 Å². The van der Waals surface area contributed by atoms with E-state index in [2.05, 4.69) is 16.3 Å². The van der Waals surface area contributed by atoms with Gasteiger partial charge in [0.25, 0.3) is 0 Å². The monoisotopic (exact) mass is 479 g/mol. The molecule has 1 saturated heterocycles. The number of hydrogen-bond acceptors (Lipinski definition) is 4. The van der Waals surface area contributed by atoms with Crippen LogP contribution in [0.5, 0.6) is 5.75 Å². The van der Waals surface area contributed by atoms with Crippen LogP contribution in [0.2, 0.25) is 0 Å². The van der Waals surface area contributed by atoms with Crippen molar-refractivity contribution in [1.29, 1.82) is 5.26 Å². The van der Waals surface area contributed by atoms with Gasteiger partial charge >= 0.3 is 0 Å². The van der Waals surface area contributed by atoms with Gasteiger partial charge < -0.3 is 15.0 Å². The number of halogens is 3. The van der Waals surface area contributed by atoms with Crippen molar-refractivity contribution in [3.8, 4) is 11.8 Å². The summed E-state index contributed by atoms with van der Waals surface area (Å²) in [7, 11) is 0. The van der Waals surface area contributed by atoms with E-state index in [0.717, 1.165) is 64.1 Å². The van der Waals surface area contributed by atoms with Crippen molar-refractivity contribution in [1.82, 2.24) is 10.2 Å². The maximum Gasteiger partial charge on any atom is 0.249 e. The second-order valence-corrected chi connectivity index (χ2v) is 10.3. The second-order valence-electron chi connectivity index (χ2n) is 10.3. The number of hydrogen-bond donors (Lipinski definition) is 1. The highest BCUT2D eigenvalue weighted by molar-refractivity contribution is 5.85. The van der Waals surface area contributed by atoms with Crippen LogP contribution in [0.1, 0.15) is 62.0 Å². The second kappa shape index (κ2) is 9.76. The summed E-state index contributed by atoms with van der Waals surface area (Å²) in [6, 6.07) is 8.14. The van der Waals surface area contributed by atoms with Gasteiger partial charge in [0.1, 0.15) is 5.75 Å². The first kappa shape index (κ1) is 24.2. The fraction of sp³-hybridized carbons (Fsp3) is 0.680. The first-order valence-electron chi connectivity index (χ1n) is 12.0. The molecule has 2 atom stereocenters. The van der Waals surface area contributed by atoms with E-state index in [1.807, 2.05) is 18.2 Å². The van der Waals surface area contributed by atoms with Crippen molar-refractivity contribution in [2.24, 2.45) is 17.8 Å². The normalized spacial score (nSPS) is 30.6. The highest BCUT2D eigenvalue weighted by atomic mass is 35.5. The number of carbonyl (C=O) groups excluding carboxylic acids is 1. The van der Waals surface area contributed by atoms with Crippen molar-refractivity contribution < 1.29 is 18.3 Å². The molecule has 1 aromatic rings. The lowest BCUT2D eigenvalue weighted by atomic mass is 9.79. The van der Waals surface area contributed by atoms with Crippen LogP contribution in [0.25, 0.3) is 0 Å². The molecule has 3 fully saturated rings. The van der Waals surface area contributed by atoms with Gasteiger partial charge in [0.2, 0.25) is 11.8 Å². The highest BCUT2D eigenvalue weighted by Crippen LogP contribution is 2.43. The minimum Gasteiger partial charge on any atom is -0.493 e. The molecular formula is C25H32ClF2N3O2. The van der Waals surface area contributed by atoms with Crippen LogP contribution >= 0.6 is 12.4 Å². The number of fused-ring (bicyclic) bond motifs is 3. The minimum atomic E-state index is -2.64. The molecule has 1 aromatic carbocycles.